The predicted octanol–water partition coefficient (Wildman–Crippen LogP) is 3.27. The molecule has 6 heteroatoms. The molecule has 2 N–H and O–H groups in total. The van der Waals surface area contributed by atoms with E-state index in [1.165, 1.54) is 13.2 Å². The Morgan fingerprint density at radius 2 is 1.80 bits per heavy atom. The van der Waals surface area contributed by atoms with Crippen molar-refractivity contribution in [1.29, 1.82) is 0 Å². The van der Waals surface area contributed by atoms with E-state index in [0.717, 1.165) is 0 Å². The van der Waals surface area contributed by atoms with E-state index < -0.39 is 17.9 Å². The Kier molecular flexibility index (Phi) is 6.11. The molecule has 2 unspecified atom stereocenters. The first-order valence-corrected chi connectivity index (χ1v) is 7.83. The van der Waals surface area contributed by atoms with E-state index in [-0.39, 0.29) is 18.2 Å². The van der Waals surface area contributed by atoms with Crippen LogP contribution in [0.25, 0.3) is 0 Å². The SMILES string of the molecule is COc1ccc(C(NC(=O)CC(C)c2ccccc2F)C(=O)O)cc1. The number of amides is 1. The van der Waals surface area contributed by atoms with Gasteiger partial charge < -0.3 is 15.2 Å². The third-order valence-corrected chi connectivity index (χ3v) is 3.93. The summed E-state index contributed by atoms with van der Waals surface area (Å²) in [5.41, 5.74) is 0.856. The van der Waals surface area contributed by atoms with Crippen LogP contribution in [0.1, 0.15) is 36.4 Å². The van der Waals surface area contributed by atoms with Gasteiger partial charge in [0.2, 0.25) is 5.91 Å². The molecular weight excluding hydrogens is 325 g/mol. The molecule has 0 bridgehead atoms. The summed E-state index contributed by atoms with van der Waals surface area (Å²) in [5.74, 6) is -1.79. The van der Waals surface area contributed by atoms with Crippen molar-refractivity contribution < 1.29 is 23.8 Å². The van der Waals surface area contributed by atoms with E-state index >= 15 is 0 Å². The summed E-state index contributed by atoms with van der Waals surface area (Å²) in [5, 5.41) is 11.9. The molecule has 1 amide bonds. The highest BCUT2D eigenvalue weighted by atomic mass is 19.1. The fraction of sp³-hybridized carbons (Fsp3) is 0.263. The highest BCUT2D eigenvalue weighted by Crippen LogP contribution is 2.23. The van der Waals surface area contributed by atoms with Gasteiger partial charge >= 0.3 is 5.97 Å². The van der Waals surface area contributed by atoms with Gasteiger partial charge in [0, 0.05) is 6.42 Å². The second-order valence-corrected chi connectivity index (χ2v) is 5.74. The van der Waals surface area contributed by atoms with Crippen LogP contribution in [0.15, 0.2) is 48.5 Å². The number of aliphatic carboxylic acids is 1. The first kappa shape index (κ1) is 18.4. The predicted molar refractivity (Wildman–Crippen MR) is 90.9 cm³/mol. The highest BCUT2D eigenvalue weighted by molar-refractivity contribution is 5.85. The summed E-state index contributed by atoms with van der Waals surface area (Å²) in [7, 11) is 1.51. The zero-order valence-electron chi connectivity index (χ0n) is 14.0. The van der Waals surface area contributed by atoms with Gasteiger partial charge in [0.1, 0.15) is 11.6 Å². The molecule has 0 saturated carbocycles. The van der Waals surface area contributed by atoms with E-state index in [1.807, 2.05) is 0 Å². The van der Waals surface area contributed by atoms with Crippen molar-refractivity contribution in [3.05, 3.63) is 65.5 Å². The molecule has 2 aromatic rings. The van der Waals surface area contributed by atoms with Crippen LogP contribution in [0.3, 0.4) is 0 Å². The minimum Gasteiger partial charge on any atom is -0.497 e. The Balaban J connectivity index is 2.07. The minimum absolute atomic E-state index is 0.0130. The monoisotopic (exact) mass is 345 g/mol. The van der Waals surface area contributed by atoms with Crippen LogP contribution in [0.4, 0.5) is 4.39 Å². The molecule has 5 nitrogen and oxygen atoms in total. The molecule has 25 heavy (non-hydrogen) atoms. The summed E-state index contributed by atoms with van der Waals surface area (Å²) in [4.78, 5) is 23.7. The second-order valence-electron chi connectivity index (χ2n) is 5.74. The van der Waals surface area contributed by atoms with E-state index in [0.29, 0.717) is 16.9 Å². The number of halogens is 1. The van der Waals surface area contributed by atoms with E-state index in [4.69, 9.17) is 4.74 Å². The van der Waals surface area contributed by atoms with Crippen LogP contribution >= 0.6 is 0 Å². The summed E-state index contributed by atoms with van der Waals surface area (Å²) < 4.78 is 18.8. The smallest absolute Gasteiger partial charge is 0.330 e. The van der Waals surface area contributed by atoms with Crippen LogP contribution in [0.2, 0.25) is 0 Å². The van der Waals surface area contributed by atoms with Gasteiger partial charge in [0.25, 0.3) is 0 Å². The van der Waals surface area contributed by atoms with Crippen LogP contribution in [-0.4, -0.2) is 24.1 Å². The number of nitrogens with one attached hydrogen (secondary N) is 1. The number of methoxy groups -OCH3 is 1. The maximum atomic E-state index is 13.8. The molecule has 0 aromatic heterocycles. The normalized spacial score (nSPS) is 12.9. The fourth-order valence-corrected chi connectivity index (χ4v) is 2.57. The number of rotatable bonds is 7. The first-order chi connectivity index (χ1) is 11.9. The minimum atomic E-state index is -1.17. The molecule has 0 aliphatic carbocycles. The molecule has 0 aliphatic rings. The van der Waals surface area contributed by atoms with Gasteiger partial charge in [-0.2, -0.15) is 0 Å². The average Bonchev–Trinajstić information content (AvgIpc) is 2.60. The number of hydrogen-bond donors (Lipinski definition) is 2. The number of carbonyl (C=O) groups is 2. The molecule has 0 spiro atoms. The van der Waals surface area contributed by atoms with Gasteiger partial charge in [0.15, 0.2) is 6.04 Å². The van der Waals surface area contributed by atoms with Gasteiger partial charge in [-0.25, -0.2) is 9.18 Å². The topological polar surface area (TPSA) is 75.6 Å². The molecule has 0 heterocycles. The zero-order chi connectivity index (χ0) is 18.4. The lowest BCUT2D eigenvalue weighted by Crippen LogP contribution is -2.34. The molecule has 0 aliphatic heterocycles. The first-order valence-electron chi connectivity index (χ1n) is 7.83. The van der Waals surface area contributed by atoms with Gasteiger partial charge in [-0.3, -0.25) is 4.79 Å². The molecule has 0 fully saturated rings. The Labute approximate surface area is 145 Å². The number of carbonyl (C=O) groups excluding carboxylic acids is 1. The maximum Gasteiger partial charge on any atom is 0.330 e. The zero-order valence-corrected chi connectivity index (χ0v) is 14.0. The van der Waals surface area contributed by atoms with Gasteiger partial charge in [-0.05, 0) is 35.2 Å². The quantitative estimate of drug-likeness (QED) is 0.807. The molecule has 132 valence electrons. The fourth-order valence-electron chi connectivity index (χ4n) is 2.57. The lowest BCUT2D eigenvalue weighted by atomic mass is 9.96. The number of carboxylic acid groups (broad SMARTS) is 1. The Hall–Kier alpha value is -2.89. The molecule has 2 aromatic carbocycles. The van der Waals surface area contributed by atoms with Crippen LogP contribution in [0, 0.1) is 5.82 Å². The van der Waals surface area contributed by atoms with Gasteiger partial charge in [-0.15, -0.1) is 0 Å². The largest absolute Gasteiger partial charge is 0.497 e. The summed E-state index contributed by atoms with van der Waals surface area (Å²) >= 11 is 0. The molecule has 0 radical (unpaired) electrons. The lowest BCUT2D eigenvalue weighted by molar-refractivity contribution is -0.142. The van der Waals surface area contributed by atoms with Gasteiger partial charge in [0.05, 0.1) is 7.11 Å². The van der Waals surface area contributed by atoms with Crippen molar-refractivity contribution in [1.82, 2.24) is 5.32 Å². The standard InChI is InChI=1S/C19H20FNO4/c1-12(15-5-3-4-6-16(15)20)11-17(22)21-18(19(23)24)13-7-9-14(25-2)10-8-13/h3-10,12,18H,11H2,1-2H3,(H,21,22)(H,23,24). The van der Waals surface area contributed by atoms with E-state index in [2.05, 4.69) is 5.32 Å². The highest BCUT2D eigenvalue weighted by Gasteiger charge is 2.23. The maximum absolute atomic E-state index is 13.8. The van der Waals surface area contributed by atoms with Crippen LogP contribution in [0.5, 0.6) is 5.75 Å². The lowest BCUT2D eigenvalue weighted by Gasteiger charge is -2.18. The summed E-state index contributed by atoms with van der Waals surface area (Å²) in [6.07, 6.45) is -0.0130. The van der Waals surface area contributed by atoms with Crippen LogP contribution in [-0.2, 0) is 9.59 Å². The molecular formula is C19H20FNO4. The Bertz CT molecular complexity index is 745. The van der Waals surface area contributed by atoms with Crippen molar-refractivity contribution in [2.45, 2.75) is 25.3 Å². The van der Waals surface area contributed by atoms with Crippen molar-refractivity contribution in [2.75, 3.05) is 7.11 Å². The molecule has 0 saturated heterocycles. The van der Waals surface area contributed by atoms with E-state index in [9.17, 15) is 19.1 Å². The third kappa shape index (κ3) is 4.79. The van der Waals surface area contributed by atoms with Crippen LogP contribution < -0.4 is 10.1 Å². The van der Waals surface area contributed by atoms with Crippen molar-refractivity contribution in [2.24, 2.45) is 0 Å². The Morgan fingerprint density at radius 3 is 2.36 bits per heavy atom. The molecule has 2 atom stereocenters. The third-order valence-electron chi connectivity index (χ3n) is 3.93. The number of hydrogen-bond acceptors (Lipinski definition) is 3. The van der Waals surface area contributed by atoms with Crippen molar-refractivity contribution in [3.63, 3.8) is 0 Å². The molecule has 2 rings (SSSR count). The number of ether oxygens (including phenoxy) is 1. The van der Waals surface area contributed by atoms with Crippen molar-refractivity contribution >= 4 is 11.9 Å². The summed E-state index contributed by atoms with van der Waals surface area (Å²) in [6.45, 7) is 1.72. The number of carboxylic acids is 1. The average molecular weight is 345 g/mol. The van der Waals surface area contributed by atoms with Crippen molar-refractivity contribution in [3.8, 4) is 5.75 Å². The number of benzene rings is 2. The van der Waals surface area contributed by atoms with Gasteiger partial charge in [-0.1, -0.05) is 37.3 Å². The Morgan fingerprint density at radius 1 is 1.16 bits per heavy atom. The second kappa shape index (κ2) is 8.28. The van der Waals surface area contributed by atoms with E-state index in [1.54, 1.807) is 49.4 Å². The summed E-state index contributed by atoms with van der Waals surface area (Å²) in [6, 6.07) is 11.5.